The Labute approximate surface area is 93.9 Å². The summed E-state index contributed by atoms with van der Waals surface area (Å²) in [5.41, 5.74) is 0. The van der Waals surface area contributed by atoms with E-state index < -0.39 is 0 Å². The molecule has 2 heterocycles. The van der Waals surface area contributed by atoms with Crippen molar-refractivity contribution in [1.82, 2.24) is 5.32 Å². The van der Waals surface area contributed by atoms with E-state index in [-0.39, 0.29) is 6.10 Å². The molecule has 0 spiro atoms. The third-order valence-electron chi connectivity index (χ3n) is 2.33. The Hall–Kier alpha value is -1.35. The summed E-state index contributed by atoms with van der Waals surface area (Å²) in [6, 6.07) is 5.41. The third-order valence-corrected chi connectivity index (χ3v) is 2.33. The summed E-state index contributed by atoms with van der Waals surface area (Å²) in [4.78, 5) is 0. The van der Waals surface area contributed by atoms with Crippen LogP contribution in [0.4, 0.5) is 0 Å². The molecule has 1 aliphatic heterocycles. The number of nitrogens with zero attached hydrogens (tertiary/aromatic N) is 1. The molecule has 16 heavy (non-hydrogen) atoms. The predicted molar refractivity (Wildman–Crippen MR) is 55.7 cm³/mol. The molecule has 2 rings (SSSR count). The zero-order chi connectivity index (χ0) is 11.2. The maximum atomic E-state index is 8.58. The summed E-state index contributed by atoms with van der Waals surface area (Å²) in [7, 11) is 0. The van der Waals surface area contributed by atoms with Crippen LogP contribution < -0.4 is 5.32 Å². The predicted octanol–water partition coefficient (Wildman–Crippen LogP) is 0.656. The first-order chi connectivity index (χ1) is 7.88. The number of hydrogen-bond donors (Lipinski definition) is 1. The molecule has 0 saturated carbocycles. The number of hydrogen-bond acceptors (Lipinski definition) is 5. The smallest absolute Gasteiger partial charge is 0.203 e. The van der Waals surface area contributed by atoms with Crippen LogP contribution in [0.3, 0.4) is 0 Å². The first-order valence-electron chi connectivity index (χ1n) is 5.27. The average molecular weight is 222 g/mol. The molecular formula is C11H14N2O3. The highest BCUT2D eigenvalue weighted by molar-refractivity contribution is 5.18. The number of nitriles is 1. The van der Waals surface area contributed by atoms with Crippen LogP contribution in [0.25, 0.3) is 0 Å². The van der Waals surface area contributed by atoms with Crippen molar-refractivity contribution in [1.29, 1.82) is 5.26 Å². The van der Waals surface area contributed by atoms with E-state index in [1.165, 1.54) is 0 Å². The molecule has 0 aliphatic carbocycles. The van der Waals surface area contributed by atoms with Crippen molar-refractivity contribution in [2.75, 3.05) is 26.4 Å². The zero-order valence-corrected chi connectivity index (χ0v) is 8.94. The van der Waals surface area contributed by atoms with E-state index in [2.05, 4.69) is 5.32 Å². The lowest BCUT2D eigenvalue weighted by molar-refractivity contribution is -0.0865. The SMILES string of the molecule is N#Cc1ccc(CNCC2COCCO2)o1. The highest BCUT2D eigenvalue weighted by Crippen LogP contribution is 2.06. The maximum Gasteiger partial charge on any atom is 0.203 e. The summed E-state index contributed by atoms with van der Waals surface area (Å²) < 4.78 is 16.0. The molecule has 1 unspecified atom stereocenters. The van der Waals surface area contributed by atoms with Crippen LogP contribution >= 0.6 is 0 Å². The van der Waals surface area contributed by atoms with Gasteiger partial charge in [0.2, 0.25) is 5.76 Å². The van der Waals surface area contributed by atoms with Crippen molar-refractivity contribution < 1.29 is 13.9 Å². The zero-order valence-electron chi connectivity index (χ0n) is 8.94. The van der Waals surface area contributed by atoms with E-state index in [0.717, 1.165) is 12.3 Å². The minimum Gasteiger partial charge on any atom is -0.449 e. The quantitative estimate of drug-likeness (QED) is 0.810. The Bertz CT molecular complexity index is 364. The van der Waals surface area contributed by atoms with Crippen LogP contribution in [-0.4, -0.2) is 32.5 Å². The Balaban J connectivity index is 1.69. The van der Waals surface area contributed by atoms with Crippen molar-refractivity contribution in [3.05, 3.63) is 23.7 Å². The van der Waals surface area contributed by atoms with Gasteiger partial charge in [-0.25, -0.2) is 0 Å². The van der Waals surface area contributed by atoms with Crippen LogP contribution in [0, 0.1) is 11.3 Å². The van der Waals surface area contributed by atoms with Gasteiger partial charge in [-0.1, -0.05) is 0 Å². The van der Waals surface area contributed by atoms with Crippen LogP contribution in [0.1, 0.15) is 11.5 Å². The molecule has 0 bridgehead atoms. The molecule has 1 atom stereocenters. The van der Waals surface area contributed by atoms with Gasteiger partial charge in [0.1, 0.15) is 11.8 Å². The number of rotatable bonds is 4. The average Bonchev–Trinajstić information content (AvgIpc) is 2.78. The van der Waals surface area contributed by atoms with Gasteiger partial charge in [0.05, 0.1) is 32.5 Å². The molecule has 1 N–H and O–H groups in total. The second-order valence-corrected chi connectivity index (χ2v) is 3.58. The third kappa shape index (κ3) is 3.07. The second kappa shape index (κ2) is 5.66. The van der Waals surface area contributed by atoms with Gasteiger partial charge >= 0.3 is 0 Å². The molecule has 1 saturated heterocycles. The summed E-state index contributed by atoms with van der Waals surface area (Å²) in [5.74, 6) is 1.10. The fraction of sp³-hybridized carbons (Fsp3) is 0.545. The van der Waals surface area contributed by atoms with Crippen LogP contribution in [0.15, 0.2) is 16.5 Å². The second-order valence-electron chi connectivity index (χ2n) is 3.58. The van der Waals surface area contributed by atoms with Crippen LogP contribution in [-0.2, 0) is 16.0 Å². The molecule has 86 valence electrons. The normalized spacial score (nSPS) is 20.6. The number of nitrogens with one attached hydrogen (secondary N) is 1. The molecule has 0 amide bonds. The van der Waals surface area contributed by atoms with E-state index >= 15 is 0 Å². The molecule has 1 fully saturated rings. The Kier molecular flexibility index (Phi) is 3.94. The van der Waals surface area contributed by atoms with Crippen LogP contribution in [0.2, 0.25) is 0 Å². The summed E-state index contributed by atoms with van der Waals surface area (Å²) in [6.07, 6.45) is 0.110. The fourth-order valence-electron chi connectivity index (χ4n) is 1.54. The molecule has 0 radical (unpaired) electrons. The molecule has 0 aromatic carbocycles. The van der Waals surface area contributed by atoms with E-state index in [1.807, 2.05) is 6.07 Å². The van der Waals surface area contributed by atoms with Gasteiger partial charge in [0, 0.05) is 6.54 Å². The minimum atomic E-state index is 0.110. The van der Waals surface area contributed by atoms with Crippen LogP contribution in [0.5, 0.6) is 0 Å². The highest BCUT2D eigenvalue weighted by Gasteiger charge is 2.13. The van der Waals surface area contributed by atoms with E-state index in [4.69, 9.17) is 19.2 Å². The monoisotopic (exact) mass is 222 g/mol. The first-order valence-corrected chi connectivity index (χ1v) is 5.27. The van der Waals surface area contributed by atoms with Gasteiger partial charge in [-0.05, 0) is 12.1 Å². The Morgan fingerprint density at radius 1 is 1.44 bits per heavy atom. The first kappa shape index (κ1) is 11.1. The van der Waals surface area contributed by atoms with E-state index in [0.29, 0.717) is 32.1 Å². The maximum absolute atomic E-state index is 8.58. The molecular weight excluding hydrogens is 208 g/mol. The minimum absolute atomic E-state index is 0.110. The van der Waals surface area contributed by atoms with Gasteiger partial charge in [-0.2, -0.15) is 5.26 Å². The molecule has 1 aromatic heterocycles. The molecule has 1 aromatic rings. The standard InChI is InChI=1S/C11H14N2O3/c12-5-9-1-2-10(16-9)6-13-7-11-8-14-3-4-15-11/h1-2,11,13H,3-4,6-8H2. The van der Waals surface area contributed by atoms with E-state index in [1.54, 1.807) is 12.1 Å². The van der Waals surface area contributed by atoms with Crippen molar-refractivity contribution >= 4 is 0 Å². The van der Waals surface area contributed by atoms with Gasteiger partial charge in [-0.3, -0.25) is 0 Å². The lowest BCUT2D eigenvalue weighted by Gasteiger charge is -2.22. The van der Waals surface area contributed by atoms with Crippen molar-refractivity contribution in [2.45, 2.75) is 12.6 Å². The molecule has 5 heteroatoms. The van der Waals surface area contributed by atoms with Gasteiger partial charge < -0.3 is 19.2 Å². The molecule has 1 aliphatic rings. The van der Waals surface area contributed by atoms with Crippen molar-refractivity contribution in [3.8, 4) is 6.07 Å². The number of ether oxygens (including phenoxy) is 2. The summed E-state index contributed by atoms with van der Waals surface area (Å²) >= 11 is 0. The van der Waals surface area contributed by atoms with Crippen molar-refractivity contribution in [2.24, 2.45) is 0 Å². The van der Waals surface area contributed by atoms with Gasteiger partial charge in [-0.15, -0.1) is 0 Å². The van der Waals surface area contributed by atoms with Crippen molar-refractivity contribution in [3.63, 3.8) is 0 Å². The Morgan fingerprint density at radius 2 is 2.38 bits per heavy atom. The van der Waals surface area contributed by atoms with E-state index in [9.17, 15) is 0 Å². The largest absolute Gasteiger partial charge is 0.449 e. The molecule has 5 nitrogen and oxygen atoms in total. The van der Waals surface area contributed by atoms with Gasteiger partial charge in [0.15, 0.2) is 0 Å². The lowest BCUT2D eigenvalue weighted by atomic mass is 10.3. The number of furan rings is 1. The summed E-state index contributed by atoms with van der Waals surface area (Å²) in [6.45, 7) is 3.30. The van der Waals surface area contributed by atoms with Gasteiger partial charge in [0.25, 0.3) is 0 Å². The topological polar surface area (TPSA) is 67.4 Å². The fourth-order valence-corrected chi connectivity index (χ4v) is 1.54. The lowest BCUT2D eigenvalue weighted by Crippen LogP contribution is -2.37. The summed E-state index contributed by atoms with van der Waals surface area (Å²) in [5, 5.41) is 11.8. The highest BCUT2D eigenvalue weighted by atomic mass is 16.6. The Morgan fingerprint density at radius 3 is 3.06 bits per heavy atom.